The molecule has 6 amide bonds. The molecule has 190 valence electrons. The first kappa shape index (κ1) is 24.9. The van der Waals surface area contributed by atoms with E-state index in [0.29, 0.717) is 11.3 Å². The molecular formula is C21H22N6O8S. The van der Waals surface area contributed by atoms with Crippen LogP contribution in [0.3, 0.4) is 0 Å². The molecule has 2 aliphatic heterocycles. The number of hydrazone groups is 1. The predicted octanol–water partition coefficient (Wildman–Crippen LogP) is 0.320. The number of urea groups is 2. The van der Waals surface area contributed by atoms with Gasteiger partial charge in [0.1, 0.15) is 17.8 Å². The smallest absolute Gasteiger partial charge is 0.362 e. The minimum atomic E-state index is -4.77. The highest BCUT2D eigenvalue weighted by atomic mass is 32.2. The van der Waals surface area contributed by atoms with Gasteiger partial charge in [-0.05, 0) is 24.6 Å². The topological polar surface area (TPSA) is 182 Å². The molecule has 2 aliphatic rings. The molecule has 2 aromatic rings. The number of nitrogens with zero attached hydrogens (tertiary/aromatic N) is 4. The zero-order valence-electron chi connectivity index (χ0n) is 18.8. The molecule has 0 saturated carbocycles. The summed E-state index contributed by atoms with van der Waals surface area (Å²) in [6.45, 7) is 1.45. The zero-order chi connectivity index (χ0) is 26.0. The summed E-state index contributed by atoms with van der Waals surface area (Å²) in [7, 11) is -4.77. The van der Waals surface area contributed by atoms with Gasteiger partial charge in [0.15, 0.2) is 0 Å². The SMILES string of the molecule is C[C@H]1[C@H](NC(=O)C(NC(=O)N2CCN(N=Cc3ccco3)C2=O)c2ccccc2)C(=O)N1S(=O)(=O)O. The van der Waals surface area contributed by atoms with Crippen molar-refractivity contribution in [1.82, 2.24) is 24.8 Å². The highest BCUT2D eigenvalue weighted by molar-refractivity contribution is 7.84. The molecule has 15 heteroatoms. The van der Waals surface area contributed by atoms with Crippen molar-refractivity contribution < 1.29 is 36.6 Å². The van der Waals surface area contributed by atoms with E-state index in [9.17, 15) is 27.6 Å². The molecule has 0 bridgehead atoms. The van der Waals surface area contributed by atoms with Crippen LogP contribution in [0, 0.1) is 0 Å². The van der Waals surface area contributed by atoms with E-state index in [2.05, 4.69) is 15.7 Å². The van der Waals surface area contributed by atoms with Crippen LogP contribution in [0.4, 0.5) is 9.59 Å². The summed E-state index contributed by atoms with van der Waals surface area (Å²) in [5.41, 5.74) is 0.355. The molecule has 1 unspecified atom stereocenters. The number of rotatable bonds is 7. The second-order valence-corrected chi connectivity index (χ2v) is 9.24. The third-order valence-corrected chi connectivity index (χ3v) is 6.65. The molecule has 3 atom stereocenters. The second-order valence-electron chi connectivity index (χ2n) is 7.95. The Labute approximate surface area is 205 Å². The maximum Gasteiger partial charge on any atom is 0.362 e. The Balaban J connectivity index is 1.46. The number of amides is 6. The molecule has 3 heterocycles. The van der Waals surface area contributed by atoms with E-state index in [4.69, 9.17) is 8.97 Å². The van der Waals surface area contributed by atoms with Crippen molar-refractivity contribution in [3.8, 4) is 0 Å². The van der Waals surface area contributed by atoms with Crippen LogP contribution in [0.2, 0.25) is 0 Å². The summed E-state index contributed by atoms with van der Waals surface area (Å²) in [5.74, 6) is -1.41. The Kier molecular flexibility index (Phi) is 6.76. The minimum absolute atomic E-state index is 0.00472. The van der Waals surface area contributed by atoms with E-state index in [1.807, 2.05) is 0 Å². The third kappa shape index (κ3) is 4.92. The number of hydrogen-bond acceptors (Lipinski definition) is 8. The average molecular weight is 519 g/mol. The third-order valence-electron chi connectivity index (χ3n) is 5.64. The van der Waals surface area contributed by atoms with Crippen molar-refractivity contribution in [3.05, 3.63) is 60.1 Å². The van der Waals surface area contributed by atoms with E-state index in [-0.39, 0.29) is 17.4 Å². The molecule has 1 aromatic carbocycles. The second kappa shape index (κ2) is 9.79. The molecule has 3 N–H and O–H groups in total. The van der Waals surface area contributed by atoms with E-state index >= 15 is 0 Å². The average Bonchev–Trinajstić information content (AvgIpc) is 3.48. The number of carbonyl (C=O) groups excluding carboxylic acids is 4. The predicted molar refractivity (Wildman–Crippen MR) is 123 cm³/mol. The highest BCUT2D eigenvalue weighted by Crippen LogP contribution is 2.24. The van der Waals surface area contributed by atoms with Crippen molar-refractivity contribution in [2.75, 3.05) is 13.1 Å². The standard InChI is InChI=1S/C21H22N6O8S/c1-13-16(19(29)27(13)36(32,33)34)23-18(28)17(14-6-3-2-4-7-14)24-20(30)25-9-10-26(21(25)31)22-12-15-8-5-11-35-15/h2-8,11-13,16-17H,9-10H2,1H3,(H,23,28)(H,24,30)(H,32,33,34)/t13-,16-,17?/m0/s1. The fourth-order valence-electron chi connectivity index (χ4n) is 3.80. The van der Waals surface area contributed by atoms with Gasteiger partial charge < -0.3 is 15.1 Å². The molecule has 0 aliphatic carbocycles. The lowest BCUT2D eigenvalue weighted by molar-refractivity contribution is -0.145. The lowest BCUT2D eigenvalue weighted by Gasteiger charge is -2.42. The van der Waals surface area contributed by atoms with E-state index in [1.54, 1.807) is 42.5 Å². The maximum atomic E-state index is 13.1. The lowest BCUT2D eigenvalue weighted by atomic mass is 9.99. The van der Waals surface area contributed by atoms with Crippen LogP contribution in [0.25, 0.3) is 0 Å². The van der Waals surface area contributed by atoms with Crippen molar-refractivity contribution in [2.24, 2.45) is 5.10 Å². The Morgan fingerprint density at radius 3 is 2.50 bits per heavy atom. The first-order chi connectivity index (χ1) is 17.1. The molecule has 4 rings (SSSR count). The fraction of sp³-hybridized carbons (Fsp3) is 0.286. The molecule has 0 spiro atoms. The van der Waals surface area contributed by atoms with E-state index < -0.39 is 52.3 Å². The lowest BCUT2D eigenvalue weighted by Crippen LogP contribution is -2.71. The first-order valence-corrected chi connectivity index (χ1v) is 12.1. The number of furan rings is 1. The van der Waals surface area contributed by atoms with Gasteiger partial charge in [0.25, 0.3) is 5.91 Å². The monoisotopic (exact) mass is 518 g/mol. The quantitative estimate of drug-likeness (QED) is 0.266. The van der Waals surface area contributed by atoms with Crippen molar-refractivity contribution in [1.29, 1.82) is 0 Å². The number of nitrogens with one attached hydrogen (secondary N) is 2. The molecular weight excluding hydrogens is 496 g/mol. The van der Waals surface area contributed by atoms with Crippen LogP contribution in [-0.4, -0.2) is 82.4 Å². The molecule has 1 aromatic heterocycles. The number of hydrogen-bond donors (Lipinski definition) is 3. The Bertz CT molecular complexity index is 1300. The fourth-order valence-corrected chi connectivity index (χ4v) is 4.68. The Morgan fingerprint density at radius 2 is 1.89 bits per heavy atom. The molecule has 36 heavy (non-hydrogen) atoms. The van der Waals surface area contributed by atoms with Gasteiger partial charge in [-0.3, -0.25) is 14.1 Å². The molecule has 2 fully saturated rings. The van der Waals surface area contributed by atoms with Gasteiger partial charge in [-0.1, -0.05) is 30.3 Å². The first-order valence-electron chi connectivity index (χ1n) is 10.7. The summed E-state index contributed by atoms with van der Waals surface area (Å²) < 4.78 is 37.1. The van der Waals surface area contributed by atoms with Gasteiger partial charge in [0.2, 0.25) is 5.91 Å². The summed E-state index contributed by atoms with van der Waals surface area (Å²) >= 11 is 0. The van der Waals surface area contributed by atoms with E-state index in [1.165, 1.54) is 19.4 Å². The van der Waals surface area contributed by atoms with Crippen LogP contribution >= 0.6 is 0 Å². The van der Waals surface area contributed by atoms with Crippen LogP contribution in [-0.2, 0) is 19.9 Å². The van der Waals surface area contributed by atoms with Crippen molar-refractivity contribution >= 4 is 40.4 Å². The molecule has 0 radical (unpaired) electrons. The number of benzene rings is 1. The Hall–Kier alpha value is -4.24. The minimum Gasteiger partial charge on any atom is -0.463 e. The van der Waals surface area contributed by atoms with Crippen molar-refractivity contribution in [3.63, 3.8) is 0 Å². The maximum absolute atomic E-state index is 13.1. The van der Waals surface area contributed by atoms with Gasteiger partial charge in [-0.15, -0.1) is 0 Å². The van der Waals surface area contributed by atoms with E-state index in [0.717, 1.165) is 9.91 Å². The van der Waals surface area contributed by atoms with Gasteiger partial charge in [0, 0.05) is 0 Å². The summed E-state index contributed by atoms with van der Waals surface area (Å²) in [5, 5.41) is 9.96. The Morgan fingerprint density at radius 1 is 1.17 bits per heavy atom. The van der Waals surface area contributed by atoms with Gasteiger partial charge in [0.05, 0.1) is 31.6 Å². The largest absolute Gasteiger partial charge is 0.463 e. The van der Waals surface area contributed by atoms with Crippen LogP contribution in [0.5, 0.6) is 0 Å². The normalized spacial score (nSPS) is 21.0. The van der Waals surface area contributed by atoms with Gasteiger partial charge in [-0.25, -0.2) is 23.8 Å². The highest BCUT2D eigenvalue weighted by Gasteiger charge is 2.52. The number of carbonyl (C=O) groups is 4. The number of β-lactam (4-membered cyclic amide) rings is 1. The van der Waals surface area contributed by atoms with Crippen LogP contribution in [0.1, 0.15) is 24.3 Å². The molecule has 2 saturated heterocycles. The van der Waals surface area contributed by atoms with Crippen LogP contribution < -0.4 is 10.6 Å². The summed E-state index contributed by atoms with van der Waals surface area (Å²) in [6, 6.07) is 6.21. The van der Waals surface area contributed by atoms with Crippen LogP contribution in [0.15, 0.2) is 58.2 Å². The molecule has 14 nitrogen and oxygen atoms in total. The zero-order valence-corrected chi connectivity index (χ0v) is 19.7. The van der Waals surface area contributed by atoms with Gasteiger partial charge in [-0.2, -0.15) is 13.5 Å². The van der Waals surface area contributed by atoms with Crippen molar-refractivity contribution in [2.45, 2.75) is 25.0 Å². The summed E-state index contributed by atoms with van der Waals surface area (Å²) in [4.78, 5) is 51.7. The van der Waals surface area contributed by atoms with Gasteiger partial charge >= 0.3 is 22.4 Å². The number of imide groups is 1. The summed E-state index contributed by atoms with van der Waals surface area (Å²) in [6.07, 6.45) is 2.77.